The lowest BCUT2D eigenvalue weighted by Crippen LogP contribution is -2.35. The summed E-state index contributed by atoms with van der Waals surface area (Å²) < 4.78 is 0. The van der Waals surface area contributed by atoms with E-state index in [0.29, 0.717) is 11.6 Å². The summed E-state index contributed by atoms with van der Waals surface area (Å²) in [4.78, 5) is 13.6. The molecule has 2 nitrogen and oxygen atoms in total. The number of benzene rings is 1. The van der Waals surface area contributed by atoms with Crippen LogP contribution in [0.25, 0.3) is 0 Å². The van der Waals surface area contributed by atoms with Crippen LogP contribution in [0.1, 0.15) is 19.4 Å². The van der Waals surface area contributed by atoms with Gasteiger partial charge in [-0.25, -0.2) is 0 Å². The van der Waals surface area contributed by atoms with Crippen molar-refractivity contribution in [1.82, 2.24) is 4.90 Å². The van der Waals surface area contributed by atoms with Crippen molar-refractivity contribution in [3.05, 3.63) is 34.9 Å². The van der Waals surface area contributed by atoms with Crippen molar-refractivity contribution in [2.75, 3.05) is 7.05 Å². The van der Waals surface area contributed by atoms with E-state index in [4.69, 9.17) is 11.6 Å². The molecule has 1 atom stereocenters. The van der Waals surface area contributed by atoms with Crippen LogP contribution < -0.4 is 0 Å². The zero-order chi connectivity index (χ0) is 13.0. The predicted octanol–water partition coefficient (Wildman–Crippen LogP) is 3.72. The van der Waals surface area contributed by atoms with Gasteiger partial charge in [-0.1, -0.05) is 59.6 Å². The van der Waals surface area contributed by atoms with Crippen molar-refractivity contribution in [2.24, 2.45) is 5.92 Å². The second kappa shape index (κ2) is 6.41. The summed E-state index contributed by atoms with van der Waals surface area (Å²) in [5, 5.41) is 0.697. The number of amides is 1. The number of carbonyl (C=O) groups excluding carboxylic acids is 1. The van der Waals surface area contributed by atoms with E-state index in [1.54, 1.807) is 11.9 Å². The van der Waals surface area contributed by atoms with Gasteiger partial charge in [-0.05, 0) is 17.5 Å². The zero-order valence-electron chi connectivity index (χ0n) is 10.3. The minimum Gasteiger partial charge on any atom is -0.340 e. The number of alkyl halides is 1. The molecular weight excluding hydrogens is 302 g/mol. The lowest BCUT2D eigenvalue weighted by Gasteiger charge is -2.22. The van der Waals surface area contributed by atoms with Crippen LogP contribution in [0, 0.1) is 5.92 Å². The van der Waals surface area contributed by atoms with E-state index in [-0.39, 0.29) is 16.7 Å². The molecule has 1 rings (SSSR count). The molecular formula is C13H17BrClNO. The molecule has 0 heterocycles. The third kappa shape index (κ3) is 4.00. The monoisotopic (exact) mass is 317 g/mol. The van der Waals surface area contributed by atoms with E-state index < -0.39 is 0 Å². The van der Waals surface area contributed by atoms with E-state index in [9.17, 15) is 4.79 Å². The van der Waals surface area contributed by atoms with Crippen LogP contribution >= 0.6 is 27.5 Å². The highest BCUT2D eigenvalue weighted by molar-refractivity contribution is 9.10. The maximum absolute atomic E-state index is 12.0. The molecule has 0 saturated carbocycles. The Morgan fingerprint density at radius 2 is 2.00 bits per heavy atom. The lowest BCUT2D eigenvalue weighted by atomic mass is 10.1. The number of nitrogens with zero attached hydrogens (tertiary/aromatic N) is 1. The van der Waals surface area contributed by atoms with E-state index in [2.05, 4.69) is 15.9 Å². The highest BCUT2D eigenvalue weighted by Crippen LogP contribution is 2.19. The quantitative estimate of drug-likeness (QED) is 0.775. The Kier molecular flexibility index (Phi) is 5.47. The Labute approximate surface area is 116 Å². The summed E-state index contributed by atoms with van der Waals surface area (Å²) in [5.41, 5.74) is 0.966. The van der Waals surface area contributed by atoms with Crippen molar-refractivity contribution in [2.45, 2.75) is 25.2 Å². The number of hydrogen-bond acceptors (Lipinski definition) is 1. The van der Waals surface area contributed by atoms with Crippen molar-refractivity contribution in [3.63, 3.8) is 0 Å². The molecule has 0 aliphatic rings. The summed E-state index contributed by atoms with van der Waals surface area (Å²) >= 11 is 9.48. The summed E-state index contributed by atoms with van der Waals surface area (Å²) in [5.74, 6) is 0.358. The summed E-state index contributed by atoms with van der Waals surface area (Å²) in [6.45, 7) is 4.56. The molecule has 0 fully saturated rings. The first kappa shape index (κ1) is 14.5. The van der Waals surface area contributed by atoms with Crippen molar-refractivity contribution in [1.29, 1.82) is 0 Å². The van der Waals surface area contributed by atoms with Crippen LogP contribution in [-0.4, -0.2) is 22.7 Å². The maximum Gasteiger partial charge on any atom is 0.236 e. The van der Waals surface area contributed by atoms with Gasteiger partial charge in [0, 0.05) is 18.6 Å². The van der Waals surface area contributed by atoms with Gasteiger partial charge in [0.25, 0.3) is 0 Å². The minimum absolute atomic E-state index is 0.0833. The molecule has 1 aromatic carbocycles. The van der Waals surface area contributed by atoms with Crippen molar-refractivity contribution in [3.8, 4) is 0 Å². The maximum atomic E-state index is 12.0. The van der Waals surface area contributed by atoms with Gasteiger partial charge < -0.3 is 4.90 Å². The Hall–Kier alpha value is -0.540. The molecule has 1 unspecified atom stereocenters. The Bertz CT molecular complexity index is 395. The predicted molar refractivity (Wildman–Crippen MR) is 75.5 cm³/mol. The van der Waals surface area contributed by atoms with Crippen LogP contribution in [0.4, 0.5) is 0 Å². The molecule has 0 N–H and O–H groups in total. The van der Waals surface area contributed by atoms with Gasteiger partial charge in [0.15, 0.2) is 0 Å². The molecule has 0 aliphatic carbocycles. The minimum atomic E-state index is -0.144. The second-order valence-corrected chi connectivity index (χ2v) is 5.83. The van der Waals surface area contributed by atoms with E-state index in [0.717, 1.165) is 5.56 Å². The largest absolute Gasteiger partial charge is 0.340 e. The van der Waals surface area contributed by atoms with Crippen LogP contribution in [0.3, 0.4) is 0 Å². The van der Waals surface area contributed by atoms with Gasteiger partial charge in [0.05, 0.1) is 4.83 Å². The van der Waals surface area contributed by atoms with Crippen molar-refractivity contribution >= 4 is 33.4 Å². The molecule has 0 aromatic heterocycles. The number of halogens is 2. The Morgan fingerprint density at radius 3 is 2.53 bits per heavy atom. The van der Waals surface area contributed by atoms with Gasteiger partial charge in [0.1, 0.15) is 0 Å². The Morgan fingerprint density at radius 1 is 1.41 bits per heavy atom. The molecule has 0 bridgehead atoms. The number of hydrogen-bond donors (Lipinski definition) is 0. The highest BCUT2D eigenvalue weighted by atomic mass is 79.9. The fraction of sp³-hybridized carbons (Fsp3) is 0.462. The van der Waals surface area contributed by atoms with Crippen LogP contribution in [-0.2, 0) is 11.3 Å². The van der Waals surface area contributed by atoms with E-state index in [1.165, 1.54) is 0 Å². The topological polar surface area (TPSA) is 20.3 Å². The molecule has 1 amide bonds. The fourth-order valence-electron chi connectivity index (χ4n) is 1.46. The molecule has 94 valence electrons. The standard InChI is InChI=1S/C13H17BrClNO/c1-9(2)12(14)13(17)16(3)8-10-6-4-5-7-11(10)15/h4-7,9,12H,8H2,1-3H3. The third-order valence-corrected chi connectivity index (χ3v) is 4.38. The van der Waals surface area contributed by atoms with Gasteiger partial charge >= 0.3 is 0 Å². The van der Waals surface area contributed by atoms with E-state index >= 15 is 0 Å². The van der Waals surface area contributed by atoms with Crippen molar-refractivity contribution < 1.29 is 4.79 Å². The third-order valence-electron chi connectivity index (χ3n) is 2.56. The highest BCUT2D eigenvalue weighted by Gasteiger charge is 2.22. The molecule has 0 spiro atoms. The first-order chi connectivity index (χ1) is 7.93. The van der Waals surface area contributed by atoms with E-state index in [1.807, 2.05) is 38.1 Å². The molecule has 17 heavy (non-hydrogen) atoms. The molecule has 0 aliphatic heterocycles. The molecule has 1 aromatic rings. The van der Waals surface area contributed by atoms with Gasteiger partial charge in [-0.2, -0.15) is 0 Å². The van der Waals surface area contributed by atoms with Crippen LogP contribution in [0.2, 0.25) is 5.02 Å². The molecule has 0 saturated heterocycles. The first-order valence-electron chi connectivity index (χ1n) is 5.56. The molecule has 4 heteroatoms. The van der Waals surface area contributed by atoms with Gasteiger partial charge in [0.2, 0.25) is 5.91 Å². The summed E-state index contributed by atoms with van der Waals surface area (Å²) in [7, 11) is 1.79. The summed E-state index contributed by atoms with van der Waals surface area (Å²) in [6, 6.07) is 7.58. The fourth-order valence-corrected chi connectivity index (χ4v) is 2.00. The number of rotatable bonds is 4. The molecule has 0 radical (unpaired) electrons. The SMILES string of the molecule is CC(C)C(Br)C(=O)N(C)Cc1ccccc1Cl. The normalized spacial score (nSPS) is 12.6. The number of carbonyl (C=O) groups is 1. The smallest absolute Gasteiger partial charge is 0.236 e. The average molecular weight is 319 g/mol. The zero-order valence-corrected chi connectivity index (χ0v) is 12.6. The average Bonchev–Trinajstić information content (AvgIpc) is 2.30. The van der Waals surface area contributed by atoms with Crippen LogP contribution in [0.5, 0.6) is 0 Å². The van der Waals surface area contributed by atoms with Gasteiger partial charge in [-0.15, -0.1) is 0 Å². The lowest BCUT2D eigenvalue weighted by molar-refractivity contribution is -0.130. The second-order valence-electron chi connectivity index (χ2n) is 4.43. The van der Waals surface area contributed by atoms with Gasteiger partial charge in [-0.3, -0.25) is 4.79 Å². The Balaban J connectivity index is 2.70. The summed E-state index contributed by atoms with van der Waals surface area (Å²) in [6.07, 6.45) is 0. The first-order valence-corrected chi connectivity index (χ1v) is 6.85. The van der Waals surface area contributed by atoms with Crippen LogP contribution in [0.15, 0.2) is 24.3 Å².